The number of aliphatic imine (C=N–C) groups is 1. The molecule has 3 atom stereocenters. The fourth-order valence-corrected chi connectivity index (χ4v) is 4.90. The van der Waals surface area contributed by atoms with Crippen molar-refractivity contribution in [3.05, 3.63) is 101 Å². The summed E-state index contributed by atoms with van der Waals surface area (Å²) >= 11 is 6.28. The van der Waals surface area contributed by atoms with Gasteiger partial charge in [-0.25, -0.2) is 0 Å². The highest BCUT2D eigenvalue weighted by Gasteiger charge is 2.37. The maximum absolute atomic E-state index is 6.28. The molecule has 0 radical (unpaired) electrons. The molecular weight excluding hydrogens is 404 g/mol. The molecule has 2 aliphatic rings. The average Bonchev–Trinajstić information content (AvgIpc) is 3.30. The lowest BCUT2D eigenvalue weighted by Gasteiger charge is -2.37. The van der Waals surface area contributed by atoms with Gasteiger partial charge in [-0.1, -0.05) is 54.1 Å². The van der Waals surface area contributed by atoms with Gasteiger partial charge in [-0.15, -0.1) is 0 Å². The fraction of sp³-hybridized carbons (Fsp3) is 0.222. The van der Waals surface area contributed by atoms with Gasteiger partial charge in [0.2, 0.25) is 0 Å². The molecule has 0 saturated heterocycles. The quantitative estimate of drug-likeness (QED) is 0.341. The summed E-state index contributed by atoms with van der Waals surface area (Å²) in [5.41, 5.74) is 5.83. The van der Waals surface area contributed by atoms with E-state index in [-0.39, 0.29) is 0 Å². The highest BCUT2D eigenvalue weighted by atomic mass is 35.5. The molecule has 5 rings (SSSR count). The Bertz CT molecular complexity index is 1140. The lowest BCUT2D eigenvalue weighted by atomic mass is 9.77. The van der Waals surface area contributed by atoms with Crippen molar-refractivity contribution in [3.8, 4) is 5.75 Å². The van der Waals surface area contributed by atoms with Gasteiger partial charge in [-0.05, 0) is 72.4 Å². The second kappa shape index (κ2) is 8.60. The zero-order valence-electron chi connectivity index (χ0n) is 17.5. The molecule has 0 unspecified atom stereocenters. The Morgan fingerprint density at radius 1 is 1.10 bits per heavy atom. The van der Waals surface area contributed by atoms with Crippen molar-refractivity contribution in [2.24, 2.45) is 10.9 Å². The summed E-state index contributed by atoms with van der Waals surface area (Å²) in [6, 6.07) is 23.3. The molecule has 3 nitrogen and oxygen atoms in total. The van der Waals surface area contributed by atoms with E-state index >= 15 is 0 Å². The number of allylic oxidation sites excluding steroid dienone is 2. The van der Waals surface area contributed by atoms with Crippen molar-refractivity contribution in [3.63, 3.8) is 0 Å². The summed E-state index contributed by atoms with van der Waals surface area (Å²) in [6.45, 7) is 2.54. The van der Waals surface area contributed by atoms with Gasteiger partial charge in [0.25, 0.3) is 0 Å². The first-order chi connectivity index (χ1) is 15.2. The van der Waals surface area contributed by atoms with E-state index in [4.69, 9.17) is 16.3 Å². The van der Waals surface area contributed by atoms with Crippen LogP contribution in [-0.4, -0.2) is 12.8 Å². The molecule has 1 aliphatic heterocycles. The topological polar surface area (TPSA) is 33.6 Å². The second-order valence-corrected chi connectivity index (χ2v) is 8.44. The molecule has 0 saturated carbocycles. The van der Waals surface area contributed by atoms with Crippen molar-refractivity contribution in [1.29, 1.82) is 0 Å². The third kappa shape index (κ3) is 3.98. The standard InChI is InChI=1S/C27H25ClN2O/c1-2-31-26-15-10-18(16-24(26)28)17-29-20-13-11-19(12-14-20)27-23-8-5-7-21(23)22-6-3-4-9-25(22)30-27/h3-7,9-17,21,23,27,30H,2,8H2,1H3/t21-,23-,27-/m0/s1. The first-order valence-corrected chi connectivity index (χ1v) is 11.2. The highest BCUT2D eigenvalue weighted by molar-refractivity contribution is 6.32. The van der Waals surface area contributed by atoms with Crippen LogP contribution in [0.5, 0.6) is 5.75 Å². The normalized spacial score (nSPS) is 21.5. The molecule has 1 heterocycles. The van der Waals surface area contributed by atoms with Crippen LogP contribution in [0, 0.1) is 5.92 Å². The van der Waals surface area contributed by atoms with E-state index in [9.17, 15) is 0 Å². The van der Waals surface area contributed by atoms with Gasteiger partial charge >= 0.3 is 0 Å². The lowest BCUT2D eigenvalue weighted by Crippen LogP contribution is -2.28. The van der Waals surface area contributed by atoms with Gasteiger partial charge in [0.1, 0.15) is 5.75 Å². The summed E-state index contributed by atoms with van der Waals surface area (Å²) in [5.74, 6) is 1.74. The van der Waals surface area contributed by atoms with E-state index in [1.807, 2.05) is 31.3 Å². The molecule has 1 aliphatic carbocycles. The van der Waals surface area contributed by atoms with Crippen LogP contribution in [0.4, 0.5) is 11.4 Å². The monoisotopic (exact) mass is 428 g/mol. The second-order valence-electron chi connectivity index (χ2n) is 8.04. The van der Waals surface area contributed by atoms with E-state index in [2.05, 4.69) is 71.0 Å². The van der Waals surface area contributed by atoms with Crippen molar-refractivity contribution in [2.45, 2.75) is 25.3 Å². The van der Waals surface area contributed by atoms with Crippen LogP contribution in [0.1, 0.15) is 42.0 Å². The number of hydrogen-bond acceptors (Lipinski definition) is 3. The first-order valence-electron chi connectivity index (χ1n) is 10.8. The summed E-state index contributed by atoms with van der Waals surface area (Å²) < 4.78 is 5.49. The molecule has 0 amide bonds. The van der Waals surface area contributed by atoms with Gasteiger partial charge in [0.15, 0.2) is 0 Å². The summed E-state index contributed by atoms with van der Waals surface area (Å²) in [6.07, 6.45) is 7.64. The summed E-state index contributed by atoms with van der Waals surface area (Å²) in [5, 5.41) is 4.38. The predicted molar refractivity (Wildman–Crippen MR) is 129 cm³/mol. The first kappa shape index (κ1) is 19.9. The third-order valence-corrected chi connectivity index (χ3v) is 6.44. The molecule has 0 aromatic heterocycles. The number of ether oxygens (including phenoxy) is 1. The minimum atomic E-state index is 0.304. The van der Waals surface area contributed by atoms with Gasteiger partial charge in [0.05, 0.1) is 23.4 Å². The Morgan fingerprint density at radius 3 is 2.74 bits per heavy atom. The van der Waals surface area contributed by atoms with Crippen LogP contribution < -0.4 is 10.1 Å². The van der Waals surface area contributed by atoms with Crippen LogP contribution in [0.25, 0.3) is 0 Å². The molecule has 156 valence electrons. The fourth-order valence-electron chi connectivity index (χ4n) is 4.66. The minimum absolute atomic E-state index is 0.304. The highest BCUT2D eigenvalue weighted by Crippen LogP contribution is 2.49. The molecular formula is C27H25ClN2O. The lowest BCUT2D eigenvalue weighted by molar-refractivity contribution is 0.340. The zero-order chi connectivity index (χ0) is 21.2. The number of anilines is 1. The van der Waals surface area contributed by atoms with E-state index in [1.54, 1.807) is 0 Å². The molecule has 3 aromatic carbocycles. The Morgan fingerprint density at radius 2 is 1.94 bits per heavy atom. The van der Waals surface area contributed by atoms with Crippen molar-refractivity contribution in [1.82, 2.24) is 0 Å². The van der Waals surface area contributed by atoms with E-state index < -0.39 is 0 Å². The minimum Gasteiger partial charge on any atom is -0.492 e. The number of halogens is 1. The number of nitrogens with zero attached hydrogens (tertiary/aromatic N) is 1. The third-order valence-electron chi connectivity index (χ3n) is 6.14. The van der Waals surface area contributed by atoms with Gasteiger partial charge in [-0.3, -0.25) is 4.99 Å². The Kier molecular flexibility index (Phi) is 5.52. The van der Waals surface area contributed by atoms with Crippen molar-refractivity contribution < 1.29 is 4.74 Å². The Hall–Kier alpha value is -3.04. The van der Waals surface area contributed by atoms with Gasteiger partial charge < -0.3 is 10.1 Å². The molecule has 31 heavy (non-hydrogen) atoms. The van der Waals surface area contributed by atoms with E-state index in [0.29, 0.717) is 35.3 Å². The molecule has 0 spiro atoms. The Labute approximate surface area is 188 Å². The average molecular weight is 429 g/mol. The number of para-hydroxylation sites is 1. The SMILES string of the molecule is CCOc1ccc(C=Nc2ccc([C@@H]3Nc4ccccc4[C@@H]4C=CC[C@@H]43)cc2)cc1Cl. The largest absolute Gasteiger partial charge is 0.492 e. The number of benzene rings is 3. The van der Waals surface area contributed by atoms with Crippen LogP contribution in [0.3, 0.4) is 0 Å². The van der Waals surface area contributed by atoms with Crippen LogP contribution >= 0.6 is 11.6 Å². The number of hydrogen-bond donors (Lipinski definition) is 1. The van der Waals surface area contributed by atoms with E-state index in [1.165, 1.54) is 16.8 Å². The molecule has 1 N–H and O–H groups in total. The van der Waals surface area contributed by atoms with Crippen LogP contribution in [0.15, 0.2) is 83.9 Å². The molecule has 3 aromatic rings. The number of nitrogens with one attached hydrogen (secondary N) is 1. The predicted octanol–water partition coefficient (Wildman–Crippen LogP) is 7.32. The van der Waals surface area contributed by atoms with Crippen molar-refractivity contribution in [2.75, 3.05) is 11.9 Å². The maximum atomic E-state index is 6.28. The Balaban J connectivity index is 1.34. The molecule has 4 heteroatoms. The smallest absolute Gasteiger partial charge is 0.137 e. The summed E-state index contributed by atoms with van der Waals surface area (Å²) in [4.78, 5) is 4.62. The van der Waals surface area contributed by atoms with Crippen molar-refractivity contribution >= 4 is 29.2 Å². The van der Waals surface area contributed by atoms with Crippen LogP contribution in [0.2, 0.25) is 5.02 Å². The van der Waals surface area contributed by atoms with E-state index in [0.717, 1.165) is 17.7 Å². The molecule has 0 bridgehead atoms. The summed E-state index contributed by atoms with van der Waals surface area (Å²) in [7, 11) is 0. The number of fused-ring (bicyclic) bond motifs is 3. The van der Waals surface area contributed by atoms with Crippen LogP contribution in [-0.2, 0) is 0 Å². The van der Waals surface area contributed by atoms with Gasteiger partial charge in [0, 0.05) is 17.8 Å². The van der Waals surface area contributed by atoms with Gasteiger partial charge in [-0.2, -0.15) is 0 Å². The zero-order valence-corrected chi connectivity index (χ0v) is 18.2. The molecule has 0 fully saturated rings. The number of rotatable bonds is 5. The maximum Gasteiger partial charge on any atom is 0.137 e.